The van der Waals surface area contributed by atoms with Crippen molar-refractivity contribution >= 4 is 27.4 Å². The van der Waals surface area contributed by atoms with Crippen LogP contribution in [0, 0.1) is 6.92 Å². The molecule has 0 fully saturated rings. The maximum absolute atomic E-state index is 6.28. The van der Waals surface area contributed by atoms with Crippen LogP contribution >= 0.6 is 15.9 Å². The molecule has 0 saturated carbocycles. The van der Waals surface area contributed by atoms with Crippen LogP contribution in [0.3, 0.4) is 0 Å². The first-order valence-electron chi connectivity index (χ1n) is 6.47. The van der Waals surface area contributed by atoms with Gasteiger partial charge in [-0.3, -0.25) is 9.08 Å². The molecule has 104 valence electrons. The van der Waals surface area contributed by atoms with Crippen molar-refractivity contribution in [3.05, 3.63) is 34.2 Å². The number of hydrogen-bond acceptors (Lipinski definition) is 3. The summed E-state index contributed by atoms with van der Waals surface area (Å²) in [5, 5.41) is 4.46. The van der Waals surface area contributed by atoms with Gasteiger partial charge in [0.1, 0.15) is 17.2 Å². The lowest BCUT2D eigenvalue weighted by Gasteiger charge is -2.01. The van der Waals surface area contributed by atoms with E-state index in [4.69, 9.17) is 10.7 Å². The smallest absolute Gasteiger partial charge is 0.142 e. The van der Waals surface area contributed by atoms with Crippen LogP contribution in [0.1, 0.15) is 18.2 Å². The highest BCUT2D eigenvalue weighted by Gasteiger charge is 2.18. The average molecular weight is 334 g/mol. The summed E-state index contributed by atoms with van der Waals surface area (Å²) in [6, 6.07) is 2.04. The maximum Gasteiger partial charge on any atom is 0.142 e. The number of anilines is 1. The van der Waals surface area contributed by atoms with Gasteiger partial charge >= 0.3 is 0 Å². The van der Waals surface area contributed by atoms with E-state index in [0.29, 0.717) is 5.82 Å². The molecule has 0 amide bonds. The zero-order valence-electron chi connectivity index (χ0n) is 11.7. The number of imidazole rings is 1. The molecule has 0 unspecified atom stereocenters. The van der Waals surface area contributed by atoms with Crippen LogP contribution < -0.4 is 5.73 Å². The maximum atomic E-state index is 6.28. The highest BCUT2D eigenvalue weighted by Crippen LogP contribution is 2.31. The summed E-state index contributed by atoms with van der Waals surface area (Å²) in [7, 11) is 1.91. The highest BCUT2D eigenvalue weighted by molar-refractivity contribution is 9.10. The fourth-order valence-corrected chi connectivity index (χ4v) is 3.03. The van der Waals surface area contributed by atoms with E-state index in [0.717, 1.165) is 39.1 Å². The van der Waals surface area contributed by atoms with Crippen LogP contribution in [-0.2, 0) is 13.5 Å². The summed E-state index contributed by atoms with van der Waals surface area (Å²) in [4.78, 5) is 4.71. The summed E-state index contributed by atoms with van der Waals surface area (Å²) in [5.74, 6) is 0.645. The monoisotopic (exact) mass is 333 g/mol. The van der Waals surface area contributed by atoms with Crippen molar-refractivity contribution in [1.82, 2.24) is 19.2 Å². The molecule has 0 atom stereocenters. The van der Waals surface area contributed by atoms with Crippen molar-refractivity contribution in [3.8, 4) is 11.3 Å². The Morgan fingerprint density at radius 2 is 2.10 bits per heavy atom. The second kappa shape index (κ2) is 4.63. The van der Waals surface area contributed by atoms with E-state index in [1.165, 1.54) is 0 Å². The third-order valence-corrected chi connectivity index (χ3v) is 3.84. The van der Waals surface area contributed by atoms with Crippen LogP contribution in [0.5, 0.6) is 0 Å². The minimum atomic E-state index is 0.645. The van der Waals surface area contributed by atoms with Crippen molar-refractivity contribution in [2.75, 3.05) is 5.73 Å². The molecule has 6 heteroatoms. The standard InChI is InChI=1S/C14H16BrN5/c1-4-11-10(7-19(3)18-11)12-13(16)20-6-9(15)5-8(2)14(20)17-12/h5-7H,4,16H2,1-3H3. The molecular weight excluding hydrogens is 318 g/mol. The predicted octanol–water partition coefficient (Wildman–Crippen LogP) is 2.95. The summed E-state index contributed by atoms with van der Waals surface area (Å²) >= 11 is 3.49. The minimum Gasteiger partial charge on any atom is -0.383 e. The topological polar surface area (TPSA) is 61.1 Å². The Bertz CT molecular complexity index is 800. The number of aromatic nitrogens is 4. The van der Waals surface area contributed by atoms with Crippen molar-refractivity contribution in [3.63, 3.8) is 0 Å². The van der Waals surface area contributed by atoms with E-state index in [2.05, 4.69) is 28.0 Å². The Kier molecular flexibility index (Phi) is 3.05. The number of rotatable bonds is 2. The number of hydrogen-bond donors (Lipinski definition) is 1. The zero-order chi connectivity index (χ0) is 14.4. The summed E-state index contributed by atoms with van der Waals surface area (Å²) in [6.07, 6.45) is 4.77. The molecule has 0 spiro atoms. The number of nitrogen functional groups attached to an aromatic ring is 1. The molecule has 0 bridgehead atoms. The number of fused-ring (bicyclic) bond motifs is 1. The first kappa shape index (κ1) is 13.2. The van der Waals surface area contributed by atoms with Gasteiger partial charge in [-0.1, -0.05) is 6.92 Å². The highest BCUT2D eigenvalue weighted by atomic mass is 79.9. The Hall–Kier alpha value is -1.82. The molecule has 0 aliphatic rings. The number of nitrogens with two attached hydrogens (primary N) is 1. The van der Waals surface area contributed by atoms with E-state index in [1.54, 1.807) is 4.68 Å². The molecule has 0 aliphatic carbocycles. The van der Waals surface area contributed by atoms with Crippen molar-refractivity contribution in [2.24, 2.45) is 7.05 Å². The van der Waals surface area contributed by atoms with Gasteiger partial charge in [-0.15, -0.1) is 0 Å². The normalized spacial score (nSPS) is 11.4. The minimum absolute atomic E-state index is 0.645. The van der Waals surface area contributed by atoms with E-state index in [-0.39, 0.29) is 0 Å². The number of halogens is 1. The zero-order valence-corrected chi connectivity index (χ0v) is 13.3. The van der Waals surface area contributed by atoms with E-state index >= 15 is 0 Å². The van der Waals surface area contributed by atoms with E-state index < -0.39 is 0 Å². The van der Waals surface area contributed by atoms with Gasteiger partial charge in [-0.25, -0.2) is 4.98 Å². The largest absolute Gasteiger partial charge is 0.383 e. The first-order valence-corrected chi connectivity index (χ1v) is 7.27. The molecular formula is C14H16BrN5. The third kappa shape index (κ3) is 1.91. The van der Waals surface area contributed by atoms with Gasteiger partial charge in [0.2, 0.25) is 0 Å². The van der Waals surface area contributed by atoms with Crippen LogP contribution in [0.15, 0.2) is 22.9 Å². The molecule has 0 aliphatic heterocycles. The van der Waals surface area contributed by atoms with Crippen molar-refractivity contribution in [2.45, 2.75) is 20.3 Å². The molecule has 2 N–H and O–H groups in total. The van der Waals surface area contributed by atoms with Gasteiger partial charge in [0.15, 0.2) is 0 Å². The van der Waals surface area contributed by atoms with Gasteiger partial charge in [-0.05, 0) is 40.9 Å². The Labute approximate surface area is 125 Å². The molecule has 0 aromatic carbocycles. The van der Waals surface area contributed by atoms with Crippen LogP contribution in [0.2, 0.25) is 0 Å². The predicted molar refractivity (Wildman–Crippen MR) is 83.6 cm³/mol. The van der Waals surface area contributed by atoms with Gasteiger partial charge < -0.3 is 5.73 Å². The Balaban J connectivity index is 2.32. The lowest BCUT2D eigenvalue weighted by atomic mass is 10.1. The number of nitrogens with zero attached hydrogens (tertiary/aromatic N) is 4. The molecule has 0 radical (unpaired) electrons. The SMILES string of the molecule is CCc1nn(C)cc1-c1nc2c(C)cc(Br)cn2c1N. The summed E-state index contributed by atoms with van der Waals surface area (Å²) in [6.45, 7) is 4.11. The molecule has 5 nitrogen and oxygen atoms in total. The Morgan fingerprint density at radius 3 is 2.80 bits per heavy atom. The molecule has 0 saturated heterocycles. The van der Waals surface area contributed by atoms with Crippen LogP contribution in [-0.4, -0.2) is 19.2 Å². The van der Waals surface area contributed by atoms with E-state index in [1.807, 2.05) is 36.8 Å². The van der Waals surface area contributed by atoms with Crippen molar-refractivity contribution < 1.29 is 0 Å². The number of aryl methyl sites for hydroxylation is 3. The average Bonchev–Trinajstić information content (AvgIpc) is 2.91. The second-order valence-electron chi connectivity index (χ2n) is 4.90. The molecule has 20 heavy (non-hydrogen) atoms. The van der Waals surface area contributed by atoms with Crippen LogP contribution in [0.25, 0.3) is 16.9 Å². The molecule has 3 aromatic heterocycles. The Morgan fingerprint density at radius 1 is 1.35 bits per heavy atom. The van der Waals surface area contributed by atoms with E-state index in [9.17, 15) is 0 Å². The second-order valence-corrected chi connectivity index (χ2v) is 5.81. The van der Waals surface area contributed by atoms with Gasteiger partial charge in [0, 0.05) is 29.5 Å². The van der Waals surface area contributed by atoms with Crippen molar-refractivity contribution in [1.29, 1.82) is 0 Å². The van der Waals surface area contributed by atoms with Gasteiger partial charge in [-0.2, -0.15) is 5.10 Å². The molecule has 3 rings (SSSR count). The third-order valence-electron chi connectivity index (χ3n) is 3.40. The lowest BCUT2D eigenvalue weighted by Crippen LogP contribution is -1.95. The fraction of sp³-hybridized carbons (Fsp3) is 0.286. The summed E-state index contributed by atoms with van der Waals surface area (Å²) < 4.78 is 4.71. The van der Waals surface area contributed by atoms with Gasteiger partial charge in [0.05, 0.1) is 5.69 Å². The quantitative estimate of drug-likeness (QED) is 0.784. The number of pyridine rings is 1. The molecule has 3 aromatic rings. The fourth-order valence-electron chi connectivity index (χ4n) is 2.48. The lowest BCUT2D eigenvalue weighted by molar-refractivity contribution is 0.746. The summed E-state index contributed by atoms with van der Waals surface area (Å²) in [5.41, 5.74) is 11.1. The van der Waals surface area contributed by atoms with Crippen LogP contribution in [0.4, 0.5) is 5.82 Å². The van der Waals surface area contributed by atoms with Gasteiger partial charge in [0.25, 0.3) is 0 Å². The molecule has 3 heterocycles. The first-order chi connectivity index (χ1) is 9.51.